The largest absolute Gasteiger partial charge is 0.330 e. The smallest absolute Gasteiger partial charge is 0.141 e. The molecule has 0 aromatic carbocycles. The Morgan fingerprint density at radius 2 is 2.24 bits per heavy atom. The van der Waals surface area contributed by atoms with Crippen molar-refractivity contribution >= 4 is 0 Å². The Hall–Kier alpha value is -0.940. The number of aromatic nitrogens is 3. The van der Waals surface area contributed by atoms with Gasteiger partial charge in [-0.1, -0.05) is 6.92 Å². The summed E-state index contributed by atoms with van der Waals surface area (Å²) in [6.07, 6.45) is 3.76. The molecule has 0 aliphatic heterocycles. The van der Waals surface area contributed by atoms with Gasteiger partial charge in [-0.15, -0.1) is 0 Å². The minimum absolute atomic E-state index is 0.508. The molecular formula is C12H25N5. The zero-order chi connectivity index (χ0) is 12.7. The lowest BCUT2D eigenvalue weighted by atomic mass is 10.2. The number of nitrogens with two attached hydrogens (primary N) is 1. The van der Waals surface area contributed by atoms with E-state index in [1.165, 1.54) is 0 Å². The van der Waals surface area contributed by atoms with E-state index in [0.29, 0.717) is 6.04 Å². The second kappa shape index (κ2) is 7.40. The highest BCUT2D eigenvalue weighted by Gasteiger charge is 2.13. The van der Waals surface area contributed by atoms with Gasteiger partial charge in [-0.3, -0.25) is 4.90 Å². The van der Waals surface area contributed by atoms with Crippen LogP contribution in [-0.4, -0.2) is 38.8 Å². The van der Waals surface area contributed by atoms with Gasteiger partial charge in [0.2, 0.25) is 0 Å². The monoisotopic (exact) mass is 239 g/mol. The van der Waals surface area contributed by atoms with Crippen molar-refractivity contribution in [3.05, 3.63) is 12.2 Å². The molecule has 5 heteroatoms. The van der Waals surface area contributed by atoms with Crippen molar-refractivity contribution < 1.29 is 0 Å². The van der Waals surface area contributed by atoms with E-state index in [1.807, 2.05) is 4.68 Å². The fourth-order valence-corrected chi connectivity index (χ4v) is 1.80. The first kappa shape index (κ1) is 14.1. The van der Waals surface area contributed by atoms with Gasteiger partial charge in [0.25, 0.3) is 0 Å². The SMILES string of the molecule is CCCn1ncnc1CN(CCCN)C(C)C. The fourth-order valence-electron chi connectivity index (χ4n) is 1.80. The third kappa shape index (κ3) is 4.44. The zero-order valence-electron chi connectivity index (χ0n) is 11.3. The first-order valence-electron chi connectivity index (χ1n) is 6.49. The molecule has 1 rings (SSSR count). The summed E-state index contributed by atoms with van der Waals surface area (Å²) >= 11 is 0. The van der Waals surface area contributed by atoms with Crippen LogP contribution in [0.5, 0.6) is 0 Å². The average molecular weight is 239 g/mol. The molecule has 0 radical (unpaired) electrons. The number of hydrogen-bond donors (Lipinski definition) is 1. The van der Waals surface area contributed by atoms with Crippen LogP contribution in [0.1, 0.15) is 39.4 Å². The Kier molecular flexibility index (Phi) is 6.15. The number of aryl methyl sites for hydroxylation is 1. The van der Waals surface area contributed by atoms with Gasteiger partial charge >= 0.3 is 0 Å². The summed E-state index contributed by atoms with van der Waals surface area (Å²) in [5.41, 5.74) is 5.57. The van der Waals surface area contributed by atoms with Crippen LogP contribution in [-0.2, 0) is 13.1 Å². The lowest BCUT2D eigenvalue weighted by Crippen LogP contribution is -2.33. The summed E-state index contributed by atoms with van der Waals surface area (Å²) in [4.78, 5) is 6.74. The molecule has 1 aromatic heterocycles. The standard InChI is InChI=1S/C12H25N5/c1-4-7-17-12(14-10-15-17)9-16(11(2)3)8-5-6-13/h10-11H,4-9,13H2,1-3H3. The summed E-state index contributed by atoms with van der Waals surface area (Å²) in [5, 5.41) is 4.25. The molecule has 0 fully saturated rings. The minimum atomic E-state index is 0.508. The first-order valence-corrected chi connectivity index (χ1v) is 6.49. The van der Waals surface area contributed by atoms with Gasteiger partial charge < -0.3 is 5.73 Å². The summed E-state index contributed by atoms with van der Waals surface area (Å²) < 4.78 is 2.00. The quantitative estimate of drug-likeness (QED) is 0.741. The topological polar surface area (TPSA) is 60.0 Å². The van der Waals surface area contributed by atoms with Crippen molar-refractivity contribution in [2.75, 3.05) is 13.1 Å². The molecule has 0 saturated heterocycles. The average Bonchev–Trinajstić information content (AvgIpc) is 2.72. The van der Waals surface area contributed by atoms with Gasteiger partial charge in [-0.2, -0.15) is 5.10 Å². The van der Waals surface area contributed by atoms with Crippen LogP contribution in [0.15, 0.2) is 6.33 Å². The van der Waals surface area contributed by atoms with E-state index in [1.54, 1.807) is 6.33 Å². The van der Waals surface area contributed by atoms with Crippen LogP contribution in [0, 0.1) is 0 Å². The lowest BCUT2D eigenvalue weighted by Gasteiger charge is -2.25. The van der Waals surface area contributed by atoms with Crippen molar-refractivity contribution in [3.8, 4) is 0 Å². The summed E-state index contributed by atoms with van der Waals surface area (Å²) in [5.74, 6) is 1.05. The Balaban J connectivity index is 2.61. The molecule has 0 amide bonds. The highest BCUT2D eigenvalue weighted by atomic mass is 15.3. The third-order valence-electron chi connectivity index (χ3n) is 2.86. The minimum Gasteiger partial charge on any atom is -0.330 e. The van der Waals surface area contributed by atoms with E-state index in [2.05, 4.69) is 35.8 Å². The highest BCUT2D eigenvalue weighted by Crippen LogP contribution is 2.07. The molecule has 0 bridgehead atoms. The van der Waals surface area contributed by atoms with Gasteiger partial charge in [0.1, 0.15) is 12.2 Å². The van der Waals surface area contributed by atoms with Crippen molar-refractivity contribution in [1.29, 1.82) is 0 Å². The van der Waals surface area contributed by atoms with E-state index in [9.17, 15) is 0 Å². The Bertz CT molecular complexity index is 308. The summed E-state index contributed by atoms with van der Waals surface area (Å²) in [7, 11) is 0. The van der Waals surface area contributed by atoms with Crippen LogP contribution in [0.25, 0.3) is 0 Å². The molecule has 1 aromatic rings. The molecule has 0 spiro atoms. The van der Waals surface area contributed by atoms with E-state index >= 15 is 0 Å². The van der Waals surface area contributed by atoms with Gasteiger partial charge in [0.15, 0.2) is 0 Å². The zero-order valence-corrected chi connectivity index (χ0v) is 11.3. The molecule has 0 unspecified atom stereocenters. The highest BCUT2D eigenvalue weighted by molar-refractivity contribution is 4.85. The first-order chi connectivity index (χ1) is 8.19. The Morgan fingerprint density at radius 1 is 1.47 bits per heavy atom. The predicted molar refractivity (Wildman–Crippen MR) is 69.5 cm³/mol. The molecule has 1 heterocycles. The van der Waals surface area contributed by atoms with Crippen LogP contribution < -0.4 is 5.73 Å². The fraction of sp³-hybridized carbons (Fsp3) is 0.833. The van der Waals surface area contributed by atoms with Gasteiger partial charge in [-0.05, 0) is 33.2 Å². The molecule has 5 nitrogen and oxygen atoms in total. The molecule has 2 N–H and O–H groups in total. The second-order valence-corrected chi connectivity index (χ2v) is 4.61. The van der Waals surface area contributed by atoms with Crippen LogP contribution in [0.4, 0.5) is 0 Å². The van der Waals surface area contributed by atoms with Crippen molar-refractivity contribution in [2.24, 2.45) is 5.73 Å². The van der Waals surface area contributed by atoms with Crippen molar-refractivity contribution in [1.82, 2.24) is 19.7 Å². The van der Waals surface area contributed by atoms with Gasteiger partial charge in [0, 0.05) is 19.1 Å². The molecule has 0 aliphatic rings. The van der Waals surface area contributed by atoms with E-state index in [0.717, 1.165) is 44.8 Å². The molecule has 0 atom stereocenters. The molecule has 0 aliphatic carbocycles. The third-order valence-corrected chi connectivity index (χ3v) is 2.86. The van der Waals surface area contributed by atoms with Crippen molar-refractivity contribution in [3.63, 3.8) is 0 Å². The number of hydrogen-bond acceptors (Lipinski definition) is 4. The van der Waals surface area contributed by atoms with E-state index < -0.39 is 0 Å². The summed E-state index contributed by atoms with van der Waals surface area (Å²) in [6.45, 7) is 10.1. The predicted octanol–water partition coefficient (Wildman–Crippen LogP) is 1.25. The maximum atomic E-state index is 5.57. The Labute approximate surface area is 104 Å². The molecule has 17 heavy (non-hydrogen) atoms. The normalized spacial score (nSPS) is 11.6. The van der Waals surface area contributed by atoms with Crippen LogP contribution in [0.3, 0.4) is 0 Å². The van der Waals surface area contributed by atoms with E-state index in [-0.39, 0.29) is 0 Å². The lowest BCUT2D eigenvalue weighted by molar-refractivity contribution is 0.202. The number of rotatable bonds is 8. The molecule has 0 saturated carbocycles. The number of nitrogens with zero attached hydrogens (tertiary/aromatic N) is 4. The van der Waals surface area contributed by atoms with Gasteiger partial charge in [-0.25, -0.2) is 9.67 Å². The summed E-state index contributed by atoms with van der Waals surface area (Å²) in [6, 6.07) is 0.508. The molecule has 98 valence electrons. The van der Waals surface area contributed by atoms with Gasteiger partial charge in [0.05, 0.1) is 6.54 Å². The molecular weight excluding hydrogens is 214 g/mol. The van der Waals surface area contributed by atoms with E-state index in [4.69, 9.17) is 5.73 Å². The van der Waals surface area contributed by atoms with Crippen LogP contribution in [0.2, 0.25) is 0 Å². The van der Waals surface area contributed by atoms with Crippen LogP contribution >= 0.6 is 0 Å². The van der Waals surface area contributed by atoms with Crippen molar-refractivity contribution in [2.45, 2.75) is 52.7 Å². The second-order valence-electron chi connectivity index (χ2n) is 4.61. The maximum absolute atomic E-state index is 5.57. The maximum Gasteiger partial charge on any atom is 0.141 e. The Morgan fingerprint density at radius 3 is 2.82 bits per heavy atom.